The summed E-state index contributed by atoms with van der Waals surface area (Å²) in [4.78, 5) is 17.9. The van der Waals surface area contributed by atoms with E-state index in [1.165, 1.54) is 11.1 Å². The number of hydrogen-bond acceptors (Lipinski definition) is 5. The van der Waals surface area contributed by atoms with Gasteiger partial charge in [0.05, 0.1) is 23.5 Å². The minimum atomic E-state index is -0.0475. The van der Waals surface area contributed by atoms with Crippen LogP contribution < -0.4 is 10.5 Å². The van der Waals surface area contributed by atoms with Crippen LogP contribution in [0.5, 0.6) is 0 Å². The van der Waals surface area contributed by atoms with Crippen molar-refractivity contribution in [1.29, 1.82) is 5.26 Å². The van der Waals surface area contributed by atoms with Crippen molar-refractivity contribution in [2.75, 3.05) is 18.0 Å². The first-order valence-corrected chi connectivity index (χ1v) is 12.5. The monoisotopic (exact) mass is 460 g/mol. The van der Waals surface area contributed by atoms with Crippen LogP contribution in [-0.2, 0) is 20.0 Å². The molecule has 1 unspecified atom stereocenters. The number of aromatic nitrogens is 3. The van der Waals surface area contributed by atoms with Crippen LogP contribution in [0.4, 0.5) is 5.69 Å². The highest BCUT2D eigenvalue weighted by molar-refractivity contribution is 5.88. The third-order valence-electron chi connectivity index (χ3n) is 7.53. The van der Waals surface area contributed by atoms with Gasteiger partial charge in [-0.2, -0.15) is 10.4 Å². The van der Waals surface area contributed by atoms with Crippen molar-refractivity contribution < 1.29 is 0 Å². The summed E-state index contributed by atoms with van der Waals surface area (Å²) in [5.74, 6) is 0. The maximum Gasteiger partial charge on any atom is 0.252 e. The number of fused-ring (bicyclic) bond motifs is 1. The number of rotatable bonds is 7. The Morgan fingerprint density at radius 1 is 1.12 bits per heavy atom. The van der Waals surface area contributed by atoms with Gasteiger partial charge in [-0.3, -0.25) is 14.4 Å². The zero-order chi connectivity index (χ0) is 24.4. The largest absolute Gasteiger partial charge is 0.364 e. The lowest BCUT2D eigenvalue weighted by Crippen LogP contribution is -2.58. The summed E-state index contributed by atoms with van der Waals surface area (Å²) in [5, 5.41) is 13.8. The Morgan fingerprint density at radius 2 is 1.82 bits per heavy atom. The summed E-state index contributed by atoms with van der Waals surface area (Å²) < 4.78 is 3.25. The highest BCUT2D eigenvalue weighted by atomic mass is 16.1. The number of anilines is 1. The summed E-state index contributed by atoms with van der Waals surface area (Å²) in [6.07, 6.45) is 4.86. The Kier molecular flexibility index (Phi) is 7.08. The van der Waals surface area contributed by atoms with Crippen molar-refractivity contribution in [1.82, 2.24) is 19.2 Å². The predicted octanol–water partition coefficient (Wildman–Crippen LogP) is 4.26. The summed E-state index contributed by atoms with van der Waals surface area (Å²) in [6, 6.07) is 13.9. The Hall–Kier alpha value is -3.11. The van der Waals surface area contributed by atoms with Gasteiger partial charge in [-0.25, -0.2) is 0 Å². The van der Waals surface area contributed by atoms with E-state index in [-0.39, 0.29) is 18.1 Å². The van der Waals surface area contributed by atoms with E-state index in [1.807, 2.05) is 0 Å². The molecule has 7 nitrogen and oxygen atoms in total. The molecule has 3 aromatic rings. The van der Waals surface area contributed by atoms with Gasteiger partial charge in [0.1, 0.15) is 12.1 Å². The second kappa shape index (κ2) is 10.0. The van der Waals surface area contributed by atoms with Crippen LogP contribution in [0.1, 0.15) is 57.7 Å². The fourth-order valence-corrected chi connectivity index (χ4v) is 5.29. The minimum Gasteiger partial charge on any atom is -0.364 e. The number of hydrogen-bond donors (Lipinski definition) is 0. The van der Waals surface area contributed by atoms with Crippen LogP contribution in [0.25, 0.3) is 11.0 Å². The molecule has 0 aliphatic carbocycles. The first kappa shape index (κ1) is 24.0. The van der Waals surface area contributed by atoms with Crippen LogP contribution in [0.15, 0.2) is 41.3 Å². The molecule has 1 saturated heterocycles. The smallest absolute Gasteiger partial charge is 0.252 e. The Balaban J connectivity index is 1.70. The van der Waals surface area contributed by atoms with Crippen molar-refractivity contribution in [2.45, 2.75) is 71.6 Å². The Morgan fingerprint density at radius 3 is 2.44 bits per heavy atom. The average Bonchev–Trinajstić information content (AvgIpc) is 3.29. The van der Waals surface area contributed by atoms with E-state index in [4.69, 9.17) is 10.4 Å². The number of nitriles is 1. The summed E-state index contributed by atoms with van der Waals surface area (Å²) in [5.41, 5.74) is 5.12. The lowest BCUT2D eigenvalue weighted by molar-refractivity contribution is 0.101. The molecule has 4 rings (SSSR count). The van der Waals surface area contributed by atoms with Gasteiger partial charge < -0.3 is 9.47 Å². The molecule has 0 amide bonds. The van der Waals surface area contributed by atoms with E-state index < -0.39 is 0 Å². The first-order chi connectivity index (χ1) is 16.4. The van der Waals surface area contributed by atoms with Gasteiger partial charge in [0.2, 0.25) is 0 Å². The maximum absolute atomic E-state index is 12.8. The third kappa shape index (κ3) is 4.35. The molecule has 0 N–H and O–H groups in total. The van der Waals surface area contributed by atoms with E-state index in [9.17, 15) is 4.79 Å². The molecular formula is C27H36N6O. The molecule has 0 spiro atoms. The lowest BCUT2D eigenvalue weighted by atomic mass is 9.96. The van der Waals surface area contributed by atoms with Crippen molar-refractivity contribution in [2.24, 2.45) is 7.05 Å². The van der Waals surface area contributed by atoms with Gasteiger partial charge in [0, 0.05) is 44.3 Å². The van der Waals surface area contributed by atoms with Crippen LogP contribution in [0, 0.1) is 11.3 Å². The maximum atomic E-state index is 12.8. The molecule has 1 aromatic carbocycles. The highest BCUT2D eigenvalue weighted by Gasteiger charge is 2.36. The average molecular weight is 461 g/mol. The van der Waals surface area contributed by atoms with Gasteiger partial charge in [-0.15, -0.1) is 0 Å². The number of pyridine rings is 1. The summed E-state index contributed by atoms with van der Waals surface area (Å²) in [6.45, 7) is 10.9. The molecule has 180 valence electrons. The zero-order valence-corrected chi connectivity index (χ0v) is 21.0. The van der Waals surface area contributed by atoms with E-state index in [0.29, 0.717) is 12.1 Å². The Bertz CT molecular complexity index is 1230. The molecule has 0 bridgehead atoms. The predicted molar refractivity (Wildman–Crippen MR) is 137 cm³/mol. The fraction of sp³-hybridized carbons (Fsp3) is 0.519. The first-order valence-electron chi connectivity index (χ1n) is 12.5. The SMILES string of the molecule is CCc1ccc(C(C)N2C[C@H](CC)N(c3cc(=O)n(C)c4cn(CC#N)nc34)C[C@H]2CC)cc1. The van der Waals surface area contributed by atoms with Crippen molar-refractivity contribution >= 4 is 16.7 Å². The van der Waals surface area contributed by atoms with Crippen LogP contribution >= 0.6 is 0 Å². The number of aryl methyl sites for hydroxylation is 2. The molecule has 34 heavy (non-hydrogen) atoms. The topological polar surface area (TPSA) is 70.1 Å². The summed E-state index contributed by atoms with van der Waals surface area (Å²) in [7, 11) is 1.77. The van der Waals surface area contributed by atoms with E-state index in [1.54, 1.807) is 28.6 Å². The molecule has 3 heterocycles. The van der Waals surface area contributed by atoms with Gasteiger partial charge >= 0.3 is 0 Å². The molecule has 0 saturated carbocycles. The van der Waals surface area contributed by atoms with Crippen molar-refractivity contribution in [3.63, 3.8) is 0 Å². The molecule has 7 heteroatoms. The summed E-state index contributed by atoms with van der Waals surface area (Å²) >= 11 is 0. The highest BCUT2D eigenvalue weighted by Crippen LogP contribution is 2.34. The van der Waals surface area contributed by atoms with E-state index >= 15 is 0 Å². The minimum absolute atomic E-state index is 0.0475. The van der Waals surface area contributed by atoms with Gasteiger partial charge in [-0.1, -0.05) is 45.0 Å². The third-order valence-corrected chi connectivity index (χ3v) is 7.53. The lowest BCUT2D eigenvalue weighted by Gasteiger charge is -2.49. The van der Waals surface area contributed by atoms with E-state index in [0.717, 1.165) is 49.1 Å². The molecule has 1 aliphatic rings. The van der Waals surface area contributed by atoms with Gasteiger partial charge in [0.15, 0.2) is 0 Å². The Labute approximate surface area is 202 Å². The number of nitrogens with zero attached hydrogens (tertiary/aromatic N) is 6. The zero-order valence-electron chi connectivity index (χ0n) is 21.0. The van der Waals surface area contributed by atoms with E-state index in [2.05, 4.69) is 67.8 Å². The molecule has 1 aliphatic heterocycles. The number of piperazine rings is 1. The standard InChI is InChI=1S/C27H36N6O/c1-6-20-9-11-21(12-10-20)19(4)32-16-23(8-3)33(17-22(32)7-2)24-15-26(34)30(5)25-18-31(14-13-28)29-27(24)25/h9-12,15,18-19,22-23H,6-8,14,16-17H2,1-5H3/t19?,22-,23+/m1/s1. The normalized spacial score (nSPS) is 19.9. The van der Waals surface area contributed by atoms with Crippen molar-refractivity contribution in [3.05, 3.63) is 58.0 Å². The van der Waals surface area contributed by atoms with Crippen LogP contribution in [0.3, 0.4) is 0 Å². The fourth-order valence-electron chi connectivity index (χ4n) is 5.29. The van der Waals surface area contributed by atoms with Crippen LogP contribution in [-0.4, -0.2) is 44.4 Å². The molecule has 1 fully saturated rings. The number of benzene rings is 1. The second-order valence-electron chi connectivity index (χ2n) is 9.39. The molecule has 0 radical (unpaired) electrons. The van der Waals surface area contributed by atoms with Gasteiger partial charge in [0.25, 0.3) is 5.56 Å². The molecule has 2 aromatic heterocycles. The quantitative estimate of drug-likeness (QED) is 0.527. The van der Waals surface area contributed by atoms with Crippen LogP contribution in [0.2, 0.25) is 0 Å². The van der Waals surface area contributed by atoms with Gasteiger partial charge in [-0.05, 0) is 37.3 Å². The van der Waals surface area contributed by atoms with Crippen molar-refractivity contribution in [3.8, 4) is 6.07 Å². The molecular weight excluding hydrogens is 424 g/mol. The second-order valence-corrected chi connectivity index (χ2v) is 9.39. The molecule has 3 atom stereocenters.